The SMILES string of the molecule is CC(=O)Nc1cc(C(F)(F)F)[c]cn1. The Labute approximate surface area is 78.0 Å². The molecule has 0 aliphatic heterocycles. The number of aromatic nitrogens is 1. The van der Waals surface area contributed by atoms with Gasteiger partial charge in [-0.3, -0.25) is 4.79 Å². The lowest BCUT2D eigenvalue weighted by molar-refractivity contribution is -0.137. The number of amides is 1. The number of nitrogens with zero attached hydrogens (tertiary/aromatic N) is 1. The van der Waals surface area contributed by atoms with Crippen LogP contribution in [0.4, 0.5) is 19.0 Å². The average Bonchev–Trinajstić information content (AvgIpc) is 2.01. The fraction of sp³-hybridized carbons (Fsp3) is 0.250. The molecule has 0 saturated carbocycles. The summed E-state index contributed by atoms with van der Waals surface area (Å²) in [6.45, 7) is 1.19. The van der Waals surface area contributed by atoms with Crippen LogP contribution in [-0.4, -0.2) is 10.9 Å². The van der Waals surface area contributed by atoms with Gasteiger partial charge < -0.3 is 5.32 Å². The van der Waals surface area contributed by atoms with Crippen LogP contribution in [0.25, 0.3) is 0 Å². The quantitative estimate of drug-likeness (QED) is 0.756. The molecular formula is C8H6F3N2O. The van der Waals surface area contributed by atoms with Crippen molar-refractivity contribution < 1.29 is 18.0 Å². The molecular weight excluding hydrogens is 197 g/mol. The minimum atomic E-state index is -4.48. The Kier molecular flexibility index (Phi) is 2.73. The maximum atomic E-state index is 12.1. The number of hydrogen-bond acceptors (Lipinski definition) is 2. The molecule has 0 aliphatic rings. The zero-order valence-electron chi connectivity index (χ0n) is 7.14. The lowest BCUT2D eigenvalue weighted by Crippen LogP contribution is -2.10. The Bertz CT molecular complexity index is 349. The first-order chi connectivity index (χ1) is 6.39. The molecule has 0 spiro atoms. The van der Waals surface area contributed by atoms with Gasteiger partial charge in [-0.25, -0.2) is 4.98 Å². The molecule has 6 heteroatoms. The highest BCUT2D eigenvalue weighted by atomic mass is 19.4. The monoisotopic (exact) mass is 203 g/mol. The third-order valence-electron chi connectivity index (χ3n) is 1.31. The molecule has 0 unspecified atom stereocenters. The Morgan fingerprint density at radius 1 is 1.57 bits per heavy atom. The molecule has 3 nitrogen and oxygen atoms in total. The average molecular weight is 203 g/mol. The normalized spacial score (nSPS) is 11.1. The first-order valence-corrected chi connectivity index (χ1v) is 3.62. The number of nitrogens with one attached hydrogen (secondary N) is 1. The van der Waals surface area contributed by atoms with Crippen molar-refractivity contribution in [1.29, 1.82) is 0 Å². The van der Waals surface area contributed by atoms with Crippen molar-refractivity contribution in [3.8, 4) is 0 Å². The molecule has 1 radical (unpaired) electrons. The minimum Gasteiger partial charge on any atom is -0.311 e. The van der Waals surface area contributed by atoms with Crippen LogP contribution in [0.2, 0.25) is 0 Å². The van der Waals surface area contributed by atoms with E-state index in [4.69, 9.17) is 0 Å². The molecule has 1 amide bonds. The van der Waals surface area contributed by atoms with Crippen molar-refractivity contribution in [3.63, 3.8) is 0 Å². The van der Waals surface area contributed by atoms with Gasteiger partial charge in [0, 0.05) is 19.2 Å². The van der Waals surface area contributed by atoms with Gasteiger partial charge in [0.15, 0.2) is 0 Å². The number of carbonyl (C=O) groups is 1. The summed E-state index contributed by atoms with van der Waals surface area (Å²) in [4.78, 5) is 14.0. The van der Waals surface area contributed by atoms with Gasteiger partial charge in [-0.1, -0.05) is 0 Å². The van der Waals surface area contributed by atoms with E-state index in [0.29, 0.717) is 0 Å². The smallest absolute Gasteiger partial charge is 0.311 e. The molecule has 0 fully saturated rings. The summed E-state index contributed by atoms with van der Waals surface area (Å²) >= 11 is 0. The highest BCUT2D eigenvalue weighted by molar-refractivity contribution is 5.87. The first kappa shape index (κ1) is 10.5. The van der Waals surface area contributed by atoms with Crippen molar-refractivity contribution in [1.82, 2.24) is 4.98 Å². The van der Waals surface area contributed by atoms with Gasteiger partial charge in [-0.2, -0.15) is 13.2 Å². The zero-order valence-corrected chi connectivity index (χ0v) is 7.14. The van der Waals surface area contributed by atoms with Crippen LogP contribution in [-0.2, 0) is 11.0 Å². The predicted molar refractivity (Wildman–Crippen MR) is 42.4 cm³/mol. The molecule has 0 aromatic carbocycles. The van der Waals surface area contributed by atoms with Gasteiger partial charge in [-0.05, 0) is 6.07 Å². The van der Waals surface area contributed by atoms with E-state index in [9.17, 15) is 18.0 Å². The molecule has 0 saturated heterocycles. The predicted octanol–water partition coefficient (Wildman–Crippen LogP) is 1.86. The van der Waals surface area contributed by atoms with E-state index in [0.717, 1.165) is 12.3 Å². The van der Waals surface area contributed by atoms with E-state index in [1.807, 2.05) is 6.07 Å². The van der Waals surface area contributed by atoms with E-state index in [1.54, 1.807) is 0 Å². The number of anilines is 1. The Balaban J connectivity index is 2.95. The molecule has 1 aromatic rings. The Morgan fingerprint density at radius 2 is 2.21 bits per heavy atom. The highest BCUT2D eigenvalue weighted by Crippen LogP contribution is 2.29. The Hall–Kier alpha value is -1.59. The number of pyridine rings is 1. The zero-order chi connectivity index (χ0) is 10.8. The van der Waals surface area contributed by atoms with E-state index >= 15 is 0 Å². The van der Waals surface area contributed by atoms with Gasteiger partial charge in [0.25, 0.3) is 0 Å². The summed E-state index contributed by atoms with van der Waals surface area (Å²) in [6, 6.07) is 2.66. The van der Waals surface area contributed by atoms with Gasteiger partial charge in [0.05, 0.1) is 5.56 Å². The lowest BCUT2D eigenvalue weighted by Gasteiger charge is -2.07. The molecule has 0 bridgehead atoms. The number of carbonyl (C=O) groups excluding carboxylic acids is 1. The summed E-state index contributed by atoms with van der Waals surface area (Å²) in [7, 11) is 0. The lowest BCUT2D eigenvalue weighted by atomic mass is 10.2. The summed E-state index contributed by atoms with van der Waals surface area (Å²) in [5.41, 5.74) is -0.962. The van der Waals surface area contributed by atoms with E-state index in [-0.39, 0.29) is 5.82 Å². The van der Waals surface area contributed by atoms with Crippen LogP contribution in [0, 0.1) is 6.07 Å². The topological polar surface area (TPSA) is 42.0 Å². The van der Waals surface area contributed by atoms with Gasteiger partial charge >= 0.3 is 6.18 Å². The van der Waals surface area contributed by atoms with E-state index in [2.05, 4.69) is 10.3 Å². The fourth-order valence-corrected chi connectivity index (χ4v) is 0.799. The third kappa shape index (κ3) is 2.72. The van der Waals surface area contributed by atoms with Crippen LogP contribution in [0.15, 0.2) is 12.3 Å². The number of rotatable bonds is 1. The number of alkyl halides is 3. The molecule has 1 heterocycles. The second-order valence-electron chi connectivity index (χ2n) is 2.52. The molecule has 1 rings (SSSR count). The summed E-state index contributed by atoms with van der Waals surface area (Å²) < 4.78 is 36.4. The van der Waals surface area contributed by atoms with Gasteiger partial charge in [0.2, 0.25) is 5.91 Å². The Morgan fingerprint density at radius 3 is 2.71 bits per heavy atom. The van der Waals surface area contributed by atoms with E-state index in [1.165, 1.54) is 6.92 Å². The molecule has 0 aliphatic carbocycles. The maximum Gasteiger partial charge on any atom is 0.417 e. The molecule has 1 N–H and O–H groups in total. The van der Waals surface area contributed by atoms with Crippen molar-refractivity contribution in [2.45, 2.75) is 13.1 Å². The van der Waals surface area contributed by atoms with Crippen LogP contribution < -0.4 is 5.32 Å². The number of hydrogen-bond donors (Lipinski definition) is 1. The van der Waals surface area contributed by atoms with Crippen LogP contribution in [0.3, 0.4) is 0 Å². The van der Waals surface area contributed by atoms with Crippen LogP contribution in [0.5, 0.6) is 0 Å². The standard InChI is InChI=1S/C8H6F3N2O/c1-5(14)13-7-4-6(2-3-12-7)8(9,10)11/h3-4H,1H3,(H,12,13,14). The third-order valence-corrected chi connectivity index (χ3v) is 1.31. The second-order valence-corrected chi connectivity index (χ2v) is 2.52. The van der Waals surface area contributed by atoms with Gasteiger partial charge in [0.1, 0.15) is 5.82 Å². The molecule has 75 valence electrons. The minimum absolute atomic E-state index is 0.136. The summed E-state index contributed by atoms with van der Waals surface area (Å²) in [5.74, 6) is -0.611. The van der Waals surface area contributed by atoms with Crippen molar-refractivity contribution in [2.24, 2.45) is 0 Å². The number of halogens is 3. The maximum absolute atomic E-state index is 12.1. The van der Waals surface area contributed by atoms with Crippen LogP contribution in [0.1, 0.15) is 12.5 Å². The van der Waals surface area contributed by atoms with Crippen molar-refractivity contribution in [3.05, 3.63) is 23.9 Å². The molecule has 1 aromatic heterocycles. The fourth-order valence-electron chi connectivity index (χ4n) is 0.799. The summed E-state index contributed by atoms with van der Waals surface area (Å²) in [6.07, 6.45) is -3.61. The van der Waals surface area contributed by atoms with E-state index < -0.39 is 17.6 Å². The van der Waals surface area contributed by atoms with Crippen LogP contribution >= 0.6 is 0 Å². The highest BCUT2D eigenvalue weighted by Gasteiger charge is 2.31. The molecule has 0 atom stereocenters. The van der Waals surface area contributed by atoms with Gasteiger partial charge in [-0.15, -0.1) is 0 Å². The largest absolute Gasteiger partial charge is 0.417 e. The van der Waals surface area contributed by atoms with Crippen molar-refractivity contribution >= 4 is 11.7 Å². The second kappa shape index (κ2) is 3.65. The van der Waals surface area contributed by atoms with Crippen molar-refractivity contribution in [2.75, 3.05) is 5.32 Å². The molecule has 14 heavy (non-hydrogen) atoms. The first-order valence-electron chi connectivity index (χ1n) is 3.62. The summed E-state index contributed by atoms with van der Waals surface area (Å²) in [5, 5.41) is 2.15.